The number of hydrogen-bond donors (Lipinski definition) is 0. The number of aromatic nitrogens is 2. The molecule has 3 rings (SSSR count). The molecule has 27 heavy (non-hydrogen) atoms. The van der Waals surface area contributed by atoms with Gasteiger partial charge in [0.05, 0.1) is 10.5 Å². The molecule has 0 spiro atoms. The third-order valence-corrected chi connectivity index (χ3v) is 4.51. The highest BCUT2D eigenvalue weighted by molar-refractivity contribution is 5.91. The van der Waals surface area contributed by atoms with Gasteiger partial charge < -0.3 is 14.1 Å². The minimum atomic E-state index is -0.680. The number of nitrogens with zero attached hydrogens (tertiary/aromatic N) is 4. The number of nitro groups is 1. The number of esters is 1. The van der Waals surface area contributed by atoms with Crippen LogP contribution in [0, 0.1) is 28.9 Å². The van der Waals surface area contributed by atoms with Crippen LogP contribution in [0.15, 0.2) is 22.6 Å². The monoisotopic (exact) mass is 374 g/mol. The summed E-state index contributed by atoms with van der Waals surface area (Å²) in [5, 5.41) is 19.0. The number of ether oxygens (including phenoxy) is 1. The zero-order chi connectivity index (χ0) is 19.6. The summed E-state index contributed by atoms with van der Waals surface area (Å²) < 4.78 is 10.2. The van der Waals surface area contributed by atoms with Crippen molar-refractivity contribution in [3.63, 3.8) is 0 Å². The van der Waals surface area contributed by atoms with Crippen molar-refractivity contribution in [2.75, 3.05) is 18.0 Å². The van der Waals surface area contributed by atoms with Crippen molar-refractivity contribution in [3.8, 4) is 0 Å². The highest BCUT2D eigenvalue weighted by Gasteiger charge is 2.28. The minimum absolute atomic E-state index is 0.0978. The van der Waals surface area contributed by atoms with Crippen LogP contribution in [-0.2, 0) is 11.3 Å². The molecule has 0 radical (unpaired) electrons. The molecule has 0 bridgehead atoms. The molecule has 0 saturated carbocycles. The maximum atomic E-state index is 12.2. The van der Waals surface area contributed by atoms with Crippen molar-refractivity contribution in [2.24, 2.45) is 11.8 Å². The first-order chi connectivity index (χ1) is 12.8. The molecule has 2 heterocycles. The quantitative estimate of drug-likeness (QED) is 0.446. The number of aryl methyl sites for hydroxylation is 1. The van der Waals surface area contributed by atoms with Crippen LogP contribution in [0.3, 0.4) is 0 Å². The van der Waals surface area contributed by atoms with E-state index in [-0.39, 0.29) is 23.7 Å². The van der Waals surface area contributed by atoms with Gasteiger partial charge in [-0.1, -0.05) is 13.8 Å². The predicted molar refractivity (Wildman–Crippen MR) is 96.4 cm³/mol. The molecule has 2 atom stereocenters. The van der Waals surface area contributed by atoms with Gasteiger partial charge >= 0.3 is 5.97 Å². The Bertz CT molecular complexity index is 840. The van der Waals surface area contributed by atoms with Crippen LogP contribution in [0.25, 0.3) is 0 Å². The number of hydrogen-bond acceptors (Lipinski definition) is 8. The topological polar surface area (TPSA) is 112 Å². The standard InChI is InChI=1S/C18H22N4O5/c1-11-6-12(2)9-21(8-11)15-5-4-14(7-16(15)22(24)25)18(23)26-10-17-20-19-13(3)27-17/h4-5,7,11-12H,6,8-10H2,1-3H3/t11-,12-/m0/s1. The summed E-state index contributed by atoms with van der Waals surface area (Å²) in [7, 11) is 0. The van der Waals surface area contributed by atoms with Gasteiger partial charge in [-0.05, 0) is 30.4 Å². The second kappa shape index (κ2) is 7.73. The number of nitro benzene ring substituents is 1. The Morgan fingerprint density at radius 2 is 2.04 bits per heavy atom. The van der Waals surface area contributed by atoms with E-state index in [2.05, 4.69) is 24.0 Å². The number of carbonyl (C=O) groups is 1. The third-order valence-electron chi connectivity index (χ3n) is 4.51. The molecular formula is C18H22N4O5. The van der Waals surface area contributed by atoms with Gasteiger partial charge in [-0.2, -0.15) is 0 Å². The third kappa shape index (κ3) is 4.42. The average Bonchev–Trinajstić information content (AvgIpc) is 3.03. The van der Waals surface area contributed by atoms with E-state index in [0.29, 0.717) is 23.4 Å². The fourth-order valence-electron chi connectivity index (χ4n) is 3.53. The Morgan fingerprint density at radius 1 is 1.33 bits per heavy atom. The lowest BCUT2D eigenvalue weighted by Gasteiger charge is -2.36. The van der Waals surface area contributed by atoms with Gasteiger partial charge in [0.2, 0.25) is 5.89 Å². The Balaban J connectivity index is 1.78. The molecule has 0 unspecified atom stereocenters. The van der Waals surface area contributed by atoms with Crippen LogP contribution in [0.1, 0.15) is 42.4 Å². The van der Waals surface area contributed by atoms with Crippen molar-refractivity contribution in [1.82, 2.24) is 10.2 Å². The second-order valence-corrected chi connectivity index (χ2v) is 7.10. The maximum absolute atomic E-state index is 12.2. The molecule has 1 aromatic heterocycles. The Morgan fingerprint density at radius 3 is 2.63 bits per heavy atom. The lowest BCUT2D eigenvalue weighted by atomic mass is 9.91. The molecule has 1 aliphatic heterocycles. The van der Waals surface area contributed by atoms with Gasteiger partial charge in [0.25, 0.3) is 11.6 Å². The number of anilines is 1. The molecular weight excluding hydrogens is 352 g/mol. The van der Waals surface area contributed by atoms with Crippen LogP contribution in [-0.4, -0.2) is 34.2 Å². The summed E-state index contributed by atoms with van der Waals surface area (Å²) in [4.78, 5) is 25.4. The molecule has 9 nitrogen and oxygen atoms in total. The summed E-state index contributed by atoms with van der Waals surface area (Å²) >= 11 is 0. The lowest BCUT2D eigenvalue weighted by molar-refractivity contribution is -0.384. The van der Waals surface area contributed by atoms with Crippen LogP contribution >= 0.6 is 0 Å². The van der Waals surface area contributed by atoms with E-state index in [1.54, 1.807) is 19.1 Å². The molecule has 144 valence electrons. The van der Waals surface area contributed by atoms with E-state index in [9.17, 15) is 14.9 Å². The first-order valence-electron chi connectivity index (χ1n) is 8.83. The SMILES string of the molecule is Cc1nnc(COC(=O)c2ccc(N3C[C@@H](C)C[C@H](C)C3)c([N+](=O)[O-])c2)o1. The van der Waals surface area contributed by atoms with Crippen molar-refractivity contribution in [1.29, 1.82) is 0 Å². The zero-order valence-corrected chi connectivity index (χ0v) is 15.5. The molecule has 1 saturated heterocycles. The van der Waals surface area contributed by atoms with E-state index in [1.807, 2.05) is 4.90 Å². The fraction of sp³-hybridized carbons (Fsp3) is 0.500. The Hall–Kier alpha value is -2.97. The van der Waals surface area contributed by atoms with Crippen molar-refractivity contribution >= 4 is 17.3 Å². The molecule has 0 N–H and O–H groups in total. The van der Waals surface area contributed by atoms with Gasteiger partial charge in [-0.25, -0.2) is 4.79 Å². The number of benzene rings is 1. The molecule has 2 aromatic rings. The number of piperidine rings is 1. The fourth-order valence-corrected chi connectivity index (χ4v) is 3.53. The lowest BCUT2D eigenvalue weighted by Crippen LogP contribution is -2.39. The summed E-state index contributed by atoms with van der Waals surface area (Å²) in [5.74, 6) is 0.766. The maximum Gasteiger partial charge on any atom is 0.338 e. The summed E-state index contributed by atoms with van der Waals surface area (Å²) in [6.07, 6.45) is 1.10. The molecule has 1 fully saturated rings. The first kappa shape index (κ1) is 18.8. The van der Waals surface area contributed by atoms with Crippen LogP contribution in [0.2, 0.25) is 0 Å². The van der Waals surface area contributed by atoms with Gasteiger partial charge in [-0.3, -0.25) is 10.1 Å². The molecule has 0 amide bonds. The highest BCUT2D eigenvalue weighted by Crippen LogP contribution is 2.34. The molecule has 1 aliphatic rings. The van der Waals surface area contributed by atoms with Crippen molar-refractivity contribution < 1.29 is 18.9 Å². The van der Waals surface area contributed by atoms with Crippen LogP contribution in [0.5, 0.6) is 0 Å². The zero-order valence-electron chi connectivity index (χ0n) is 15.5. The summed E-state index contributed by atoms with van der Waals surface area (Å²) in [6.45, 7) is 7.23. The van der Waals surface area contributed by atoms with E-state index in [1.165, 1.54) is 6.07 Å². The number of carbonyl (C=O) groups excluding carboxylic acids is 1. The first-order valence-corrected chi connectivity index (χ1v) is 8.83. The largest absolute Gasteiger partial charge is 0.452 e. The van der Waals surface area contributed by atoms with E-state index >= 15 is 0 Å². The van der Waals surface area contributed by atoms with E-state index in [4.69, 9.17) is 9.15 Å². The normalized spacial score (nSPS) is 19.7. The van der Waals surface area contributed by atoms with Crippen molar-refractivity contribution in [3.05, 3.63) is 45.7 Å². The number of rotatable bonds is 5. The smallest absolute Gasteiger partial charge is 0.338 e. The summed E-state index contributed by atoms with van der Waals surface area (Å²) in [6, 6.07) is 4.44. The minimum Gasteiger partial charge on any atom is -0.452 e. The van der Waals surface area contributed by atoms with Crippen molar-refractivity contribution in [2.45, 2.75) is 33.8 Å². The summed E-state index contributed by atoms with van der Waals surface area (Å²) in [5.41, 5.74) is 0.543. The van der Waals surface area contributed by atoms with Gasteiger partial charge in [-0.15, -0.1) is 10.2 Å². The molecule has 0 aliphatic carbocycles. The van der Waals surface area contributed by atoms with Gasteiger partial charge in [0.15, 0.2) is 6.61 Å². The molecule has 1 aromatic carbocycles. The van der Waals surface area contributed by atoms with Gasteiger partial charge in [0.1, 0.15) is 5.69 Å². The highest BCUT2D eigenvalue weighted by atomic mass is 16.6. The second-order valence-electron chi connectivity index (χ2n) is 7.10. The van der Waals surface area contributed by atoms with Crippen LogP contribution in [0.4, 0.5) is 11.4 Å². The Labute approximate surface area is 156 Å². The van der Waals surface area contributed by atoms with Gasteiger partial charge in [0, 0.05) is 26.1 Å². The van der Waals surface area contributed by atoms with Crippen LogP contribution < -0.4 is 4.90 Å². The van der Waals surface area contributed by atoms with E-state index < -0.39 is 10.9 Å². The average molecular weight is 374 g/mol. The Kier molecular flexibility index (Phi) is 5.38. The molecule has 9 heteroatoms. The van der Waals surface area contributed by atoms with E-state index in [0.717, 1.165) is 19.5 Å². The predicted octanol–water partition coefficient (Wildman–Crippen LogP) is 3.13.